The second-order valence-corrected chi connectivity index (χ2v) is 7.48. The first kappa shape index (κ1) is 18.3. The van der Waals surface area contributed by atoms with Gasteiger partial charge in [-0.1, -0.05) is 26.8 Å². The van der Waals surface area contributed by atoms with E-state index < -0.39 is 11.7 Å². The van der Waals surface area contributed by atoms with Gasteiger partial charge in [0.15, 0.2) is 0 Å². The van der Waals surface area contributed by atoms with Crippen LogP contribution in [0, 0.1) is 11.2 Å². The number of rotatable bonds is 4. The zero-order valence-corrected chi connectivity index (χ0v) is 15.0. The molecular weight excluding hydrogens is 327 g/mol. The van der Waals surface area contributed by atoms with Gasteiger partial charge in [0.1, 0.15) is 17.4 Å². The molecular formula is C18H21FN2O2S. The largest absolute Gasteiger partial charge is 0.508 e. The Balaban J connectivity index is 2.47. The lowest BCUT2D eigenvalue weighted by Gasteiger charge is -2.29. The number of halogens is 1. The third-order valence-corrected chi connectivity index (χ3v) is 3.90. The first-order chi connectivity index (χ1) is 11.2. The minimum absolute atomic E-state index is 0.0894. The van der Waals surface area contributed by atoms with Crippen LogP contribution in [0.15, 0.2) is 41.4 Å². The van der Waals surface area contributed by atoms with Crippen molar-refractivity contribution in [3.8, 4) is 5.75 Å². The summed E-state index contributed by atoms with van der Waals surface area (Å²) in [5.41, 5.74) is -0.284. The number of anilines is 1. The Bertz CT molecular complexity index is 744. The maximum Gasteiger partial charge on any atom is 0.262 e. The van der Waals surface area contributed by atoms with E-state index >= 15 is 0 Å². The number of aromatic hydroxyl groups is 1. The molecule has 1 aromatic heterocycles. The third-order valence-electron chi connectivity index (χ3n) is 3.26. The van der Waals surface area contributed by atoms with Crippen molar-refractivity contribution in [2.75, 3.05) is 17.7 Å². The summed E-state index contributed by atoms with van der Waals surface area (Å²) >= 11 is 1.47. The summed E-state index contributed by atoms with van der Waals surface area (Å²) in [5, 5.41) is 10.1. The Morgan fingerprint density at radius 3 is 2.58 bits per heavy atom. The number of aromatic nitrogens is 1. The van der Waals surface area contributed by atoms with Crippen molar-refractivity contribution in [3.63, 3.8) is 0 Å². The monoisotopic (exact) mass is 348 g/mol. The molecule has 128 valence electrons. The molecule has 0 aliphatic rings. The standard InChI is InChI=1S/C18H21FN2O2S/c1-18(2,3)11-21(15-6-5-7-16(20-15)24-4)17(23)13-9-8-12(22)10-14(13)19/h5-10,22H,11H2,1-4H3. The van der Waals surface area contributed by atoms with E-state index in [1.807, 2.05) is 39.2 Å². The highest BCUT2D eigenvalue weighted by Gasteiger charge is 2.26. The highest BCUT2D eigenvalue weighted by Crippen LogP contribution is 2.26. The zero-order chi connectivity index (χ0) is 17.9. The van der Waals surface area contributed by atoms with Crippen molar-refractivity contribution in [2.24, 2.45) is 5.41 Å². The molecule has 1 N–H and O–H groups in total. The van der Waals surface area contributed by atoms with E-state index in [2.05, 4.69) is 4.98 Å². The van der Waals surface area contributed by atoms with Gasteiger partial charge < -0.3 is 5.11 Å². The molecule has 1 aromatic carbocycles. The first-order valence-corrected chi connectivity index (χ1v) is 8.75. The van der Waals surface area contributed by atoms with Gasteiger partial charge in [-0.25, -0.2) is 9.37 Å². The van der Waals surface area contributed by atoms with Gasteiger partial charge in [0.2, 0.25) is 0 Å². The molecule has 1 amide bonds. The van der Waals surface area contributed by atoms with Gasteiger partial charge in [0.25, 0.3) is 5.91 Å². The molecule has 0 unspecified atom stereocenters. The molecule has 2 aromatic rings. The SMILES string of the molecule is CSc1cccc(N(CC(C)(C)C)C(=O)c2ccc(O)cc2F)n1. The molecule has 0 saturated heterocycles. The Morgan fingerprint density at radius 1 is 1.29 bits per heavy atom. The minimum atomic E-state index is -0.750. The first-order valence-electron chi connectivity index (χ1n) is 7.53. The van der Waals surface area contributed by atoms with Crippen molar-refractivity contribution in [2.45, 2.75) is 25.8 Å². The van der Waals surface area contributed by atoms with E-state index in [4.69, 9.17) is 0 Å². The lowest BCUT2D eigenvalue weighted by molar-refractivity contribution is 0.0972. The number of hydrogen-bond acceptors (Lipinski definition) is 4. The topological polar surface area (TPSA) is 53.4 Å². The normalized spacial score (nSPS) is 11.4. The average Bonchev–Trinajstić information content (AvgIpc) is 2.51. The van der Waals surface area contributed by atoms with E-state index in [0.717, 1.165) is 11.1 Å². The van der Waals surface area contributed by atoms with Crippen LogP contribution in [0.1, 0.15) is 31.1 Å². The Hall–Kier alpha value is -2.08. The second-order valence-electron chi connectivity index (χ2n) is 6.65. The number of phenols is 1. The Kier molecular flexibility index (Phi) is 5.49. The average molecular weight is 348 g/mol. The summed E-state index contributed by atoms with van der Waals surface area (Å²) in [7, 11) is 0. The third kappa shape index (κ3) is 4.47. The van der Waals surface area contributed by atoms with Crippen molar-refractivity contribution in [1.82, 2.24) is 4.98 Å². The number of hydrogen-bond donors (Lipinski definition) is 1. The summed E-state index contributed by atoms with van der Waals surface area (Å²) in [6.07, 6.45) is 1.90. The van der Waals surface area contributed by atoms with Gasteiger partial charge in [-0.3, -0.25) is 9.69 Å². The molecule has 0 radical (unpaired) electrons. The molecule has 0 bridgehead atoms. The summed E-state index contributed by atoms with van der Waals surface area (Å²) in [6, 6.07) is 8.95. The van der Waals surface area contributed by atoms with Crippen LogP contribution in [-0.4, -0.2) is 28.8 Å². The lowest BCUT2D eigenvalue weighted by atomic mass is 9.95. The molecule has 6 heteroatoms. The van der Waals surface area contributed by atoms with Crippen LogP contribution in [0.2, 0.25) is 0 Å². The van der Waals surface area contributed by atoms with Crippen molar-refractivity contribution < 1.29 is 14.3 Å². The van der Waals surface area contributed by atoms with Crippen LogP contribution in [0.25, 0.3) is 0 Å². The van der Waals surface area contributed by atoms with Crippen LogP contribution in [0.5, 0.6) is 5.75 Å². The fourth-order valence-electron chi connectivity index (χ4n) is 2.22. The van der Waals surface area contributed by atoms with Crippen LogP contribution >= 0.6 is 11.8 Å². The van der Waals surface area contributed by atoms with Crippen LogP contribution in [0.3, 0.4) is 0 Å². The van der Waals surface area contributed by atoms with Gasteiger partial charge >= 0.3 is 0 Å². The fourth-order valence-corrected chi connectivity index (χ4v) is 2.62. The summed E-state index contributed by atoms with van der Waals surface area (Å²) in [4.78, 5) is 18.9. The number of phenolic OH excluding ortho intramolecular Hbond substituents is 1. The van der Waals surface area contributed by atoms with Gasteiger partial charge in [-0.2, -0.15) is 0 Å². The predicted molar refractivity (Wildman–Crippen MR) is 95.2 cm³/mol. The van der Waals surface area contributed by atoms with E-state index in [1.165, 1.54) is 28.8 Å². The number of carbonyl (C=O) groups excluding carboxylic acids is 1. The molecule has 0 spiro atoms. The Morgan fingerprint density at radius 2 is 2.00 bits per heavy atom. The van der Waals surface area contributed by atoms with Crippen molar-refractivity contribution in [3.05, 3.63) is 47.8 Å². The fraction of sp³-hybridized carbons (Fsp3) is 0.333. The molecule has 0 fully saturated rings. The smallest absolute Gasteiger partial charge is 0.262 e. The van der Waals surface area contributed by atoms with E-state index in [1.54, 1.807) is 6.07 Å². The summed E-state index contributed by atoms with van der Waals surface area (Å²) in [6.45, 7) is 6.38. The molecule has 24 heavy (non-hydrogen) atoms. The van der Waals surface area contributed by atoms with Gasteiger partial charge in [-0.15, -0.1) is 11.8 Å². The van der Waals surface area contributed by atoms with Gasteiger partial charge in [-0.05, 0) is 35.9 Å². The number of nitrogens with zero attached hydrogens (tertiary/aromatic N) is 2. The number of amides is 1. The molecule has 2 rings (SSSR count). The lowest BCUT2D eigenvalue weighted by Crippen LogP contribution is -2.39. The second kappa shape index (κ2) is 7.21. The molecule has 0 atom stereocenters. The minimum Gasteiger partial charge on any atom is -0.508 e. The molecule has 1 heterocycles. The van der Waals surface area contributed by atoms with E-state index in [0.29, 0.717) is 12.4 Å². The predicted octanol–water partition coefficient (Wildman–Crippen LogP) is 4.34. The number of carbonyl (C=O) groups is 1. The zero-order valence-electron chi connectivity index (χ0n) is 14.2. The van der Waals surface area contributed by atoms with E-state index in [9.17, 15) is 14.3 Å². The van der Waals surface area contributed by atoms with Crippen molar-refractivity contribution in [1.29, 1.82) is 0 Å². The summed E-state index contributed by atoms with van der Waals surface area (Å²) in [5.74, 6) is -0.962. The Labute approximate surface area is 145 Å². The van der Waals surface area contributed by atoms with Crippen molar-refractivity contribution >= 4 is 23.5 Å². The summed E-state index contributed by atoms with van der Waals surface area (Å²) < 4.78 is 14.1. The number of pyridine rings is 1. The quantitative estimate of drug-likeness (QED) is 0.835. The highest BCUT2D eigenvalue weighted by molar-refractivity contribution is 7.98. The molecule has 4 nitrogen and oxygen atoms in total. The maximum absolute atomic E-state index is 14.1. The highest BCUT2D eigenvalue weighted by atomic mass is 32.2. The van der Waals surface area contributed by atoms with Gasteiger partial charge in [0.05, 0.1) is 10.6 Å². The molecule has 0 saturated carbocycles. The van der Waals surface area contributed by atoms with Crippen LogP contribution in [0.4, 0.5) is 10.2 Å². The van der Waals surface area contributed by atoms with Crippen LogP contribution in [-0.2, 0) is 0 Å². The van der Waals surface area contributed by atoms with Gasteiger partial charge in [0, 0.05) is 12.6 Å². The number of thioether (sulfide) groups is 1. The maximum atomic E-state index is 14.1. The molecule has 0 aliphatic carbocycles. The van der Waals surface area contributed by atoms with E-state index in [-0.39, 0.29) is 16.7 Å². The molecule has 0 aliphatic heterocycles. The number of benzene rings is 1. The van der Waals surface area contributed by atoms with Crippen LogP contribution < -0.4 is 4.90 Å².